The third kappa shape index (κ3) is 3.03. The fourth-order valence-electron chi connectivity index (χ4n) is 2.58. The highest BCUT2D eigenvalue weighted by molar-refractivity contribution is 7.10. The number of nitrogens with two attached hydrogens (primary N) is 1. The molecule has 1 aromatic heterocycles. The maximum absolute atomic E-state index is 12.8. The van der Waals surface area contributed by atoms with Gasteiger partial charge in [-0.05, 0) is 17.5 Å². The maximum Gasteiger partial charge on any atom is 0.284 e. The number of morpholine rings is 1. The van der Waals surface area contributed by atoms with Crippen molar-refractivity contribution in [2.45, 2.75) is 6.10 Å². The number of anilines is 1. The van der Waals surface area contributed by atoms with E-state index in [9.17, 15) is 14.9 Å². The number of carbonyl (C=O) groups excluding carboxylic acids is 1. The predicted octanol–water partition coefficient (Wildman–Crippen LogP) is 2.45. The third-order valence-corrected chi connectivity index (χ3v) is 4.66. The molecule has 8 heteroatoms. The van der Waals surface area contributed by atoms with Crippen molar-refractivity contribution in [1.82, 2.24) is 4.90 Å². The van der Waals surface area contributed by atoms with E-state index in [-0.39, 0.29) is 23.0 Å². The molecular formula is C15H15N3O4S. The van der Waals surface area contributed by atoms with Gasteiger partial charge < -0.3 is 15.4 Å². The molecule has 1 aliphatic rings. The van der Waals surface area contributed by atoms with Gasteiger partial charge in [0.15, 0.2) is 0 Å². The zero-order valence-corrected chi connectivity index (χ0v) is 13.0. The molecule has 1 aliphatic heterocycles. The molecule has 2 aromatic rings. The number of benzene rings is 1. The summed E-state index contributed by atoms with van der Waals surface area (Å²) >= 11 is 1.55. The highest BCUT2D eigenvalue weighted by Crippen LogP contribution is 2.30. The van der Waals surface area contributed by atoms with Crippen LogP contribution < -0.4 is 5.73 Å². The Balaban J connectivity index is 1.87. The number of carbonyl (C=O) groups is 1. The minimum atomic E-state index is -0.583. The number of ether oxygens (including phenoxy) is 1. The smallest absolute Gasteiger partial charge is 0.284 e. The van der Waals surface area contributed by atoms with Crippen molar-refractivity contribution in [2.24, 2.45) is 0 Å². The fraction of sp³-hybridized carbons (Fsp3) is 0.267. The van der Waals surface area contributed by atoms with Crippen LogP contribution in [0.15, 0.2) is 35.7 Å². The third-order valence-electron chi connectivity index (χ3n) is 3.70. The first-order valence-corrected chi connectivity index (χ1v) is 7.93. The number of hydrogen-bond donors (Lipinski definition) is 1. The molecule has 7 nitrogen and oxygen atoms in total. The molecular weight excluding hydrogens is 318 g/mol. The second-order valence-corrected chi connectivity index (χ2v) is 6.10. The molecule has 0 radical (unpaired) electrons. The average Bonchev–Trinajstić information content (AvgIpc) is 3.08. The summed E-state index contributed by atoms with van der Waals surface area (Å²) in [6.45, 7) is 1.12. The van der Waals surface area contributed by atoms with Crippen LogP contribution in [0.2, 0.25) is 0 Å². The van der Waals surface area contributed by atoms with Gasteiger partial charge in [-0.3, -0.25) is 14.9 Å². The molecule has 2 N–H and O–H groups in total. The molecule has 0 aliphatic carbocycles. The van der Waals surface area contributed by atoms with E-state index in [1.165, 1.54) is 18.2 Å². The molecule has 120 valence electrons. The van der Waals surface area contributed by atoms with Gasteiger partial charge in [-0.1, -0.05) is 12.1 Å². The summed E-state index contributed by atoms with van der Waals surface area (Å²) in [7, 11) is 0. The second kappa shape index (κ2) is 6.35. The summed E-state index contributed by atoms with van der Waals surface area (Å²) in [5, 5.41) is 13.1. The first-order chi connectivity index (χ1) is 11.1. The van der Waals surface area contributed by atoms with Gasteiger partial charge in [-0.25, -0.2) is 0 Å². The summed E-state index contributed by atoms with van der Waals surface area (Å²) in [4.78, 5) is 25.9. The summed E-state index contributed by atoms with van der Waals surface area (Å²) in [5.41, 5.74) is 5.61. The van der Waals surface area contributed by atoms with Crippen molar-refractivity contribution in [2.75, 3.05) is 25.4 Å². The lowest BCUT2D eigenvalue weighted by Gasteiger charge is -2.32. The molecule has 0 saturated carbocycles. The van der Waals surface area contributed by atoms with Crippen molar-refractivity contribution in [3.8, 4) is 0 Å². The Morgan fingerprint density at radius 3 is 2.91 bits per heavy atom. The van der Waals surface area contributed by atoms with Crippen LogP contribution in [0.3, 0.4) is 0 Å². The van der Waals surface area contributed by atoms with E-state index in [0.717, 1.165) is 4.88 Å². The van der Waals surface area contributed by atoms with Crippen LogP contribution in [-0.4, -0.2) is 35.4 Å². The highest BCUT2D eigenvalue weighted by Gasteiger charge is 2.31. The normalized spacial score (nSPS) is 17.9. The topological polar surface area (TPSA) is 98.7 Å². The first-order valence-electron chi connectivity index (χ1n) is 7.05. The molecule has 0 bridgehead atoms. The number of thiophene rings is 1. The van der Waals surface area contributed by atoms with E-state index in [0.29, 0.717) is 19.7 Å². The van der Waals surface area contributed by atoms with E-state index in [2.05, 4.69) is 0 Å². The molecule has 23 heavy (non-hydrogen) atoms. The van der Waals surface area contributed by atoms with E-state index < -0.39 is 10.8 Å². The van der Waals surface area contributed by atoms with Crippen LogP contribution in [0.1, 0.15) is 21.3 Å². The van der Waals surface area contributed by atoms with Gasteiger partial charge in [-0.15, -0.1) is 11.3 Å². The van der Waals surface area contributed by atoms with E-state index in [1.807, 2.05) is 17.5 Å². The number of nitrogen functional groups attached to an aromatic ring is 1. The van der Waals surface area contributed by atoms with Crippen molar-refractivity contribution in [3.05, 3.63) is 56.3 Å². The summed E-state index contributed by atoms with van der Waals surface area (Å²) in [6.07, 6.45) is -0.211. The Bertz CT molecular complexity index is 732. The SMILES string of the molecule is Nc1cccc([N+](=O)[O-])c1C(=O)N1CCO[C@H](c2cccs2)C1. The first kappa shape index (κ1) is 15.4. The zero-order valence-electron chi connectivity index (χ0n) is 12.2. The standard InChI is InChI=1S/C15H15N3O4S/c16-10-3-1-4-11(18(20)21)14(10)15(19)17-6-7-22-12(9-17)13-5-2-8-23-13/h1-5,8,12H,6-7,9,16H2/t12-/m0/s1. The maximum atomic E-state index is 12.8. The minimum Gasteiger partial charge on any atom is -0.398 e. The van der Waals surface area contributed by atoms with Gasteiger partial charge in [0.25, 0.3) is 11.6 Å². The Kier molecular flexibility index (Phi) is 4.26. The quantitative estimate of drug-likeness (QED) is 0.528. The van der Waals surface area contributed by atoms with E-state index in [4.69, 9.17) is 10.5 Å². The van der Waals surface area contributed by atoms with Crippen LogP contribution in [-0.2, 0) is 4.74 Å². The molecule has 1 saturated heterocycles. The molecule has 1 fully saturated rings. The van der Waals surface area contributed by atoms with Gasteiger partial charge in [-0.2, -0.15) is 0 Å². The molecule has 1 amide bonds. The fourth-order valence-corrected chi connectivity index (χ4v) is 3.35. The van der Waals surface area contributed by atoms with Crippen LogP contribution in [0.25, 0.3) is 0 Å². The van der Waals surface area contributed by atoms with Crippen molar-refractivity contribution >= 4 is 28.6 Å². The Morgan fingerprint density at radius 2 is 2.22 bits per heavy atom. The van der Waals surface area contributed by atoms with Crippen molar-refractivity contribution < 1.29 is 14.5 Å². The van der Waals surface area contributed by atoms with Crippen LogP contribution in [0.4, 0.5) is 11.4 Å². The Hall–Kier alpha value is -2.45. The summed E-state index contributed by atoms with van der Waals surface area (Å²) in [6, 6.07) is 8.13. The molecule has 0 unspecified atom stereocenters. The number of rotatable bonds is 3. The lowest BCUT2D eigenvalue weighted by Crippen LogP contribution is -2.42. The predicted molar refractivity (Wildman–Crippen MR) is 86.4 cm³/mol. The van der Waals surface area contributed by atoms with E-state index in [1.54, 1.807) is 16.2 Å². The van der Waals surface area contributed by atoms with Crippen LogP contribution in [0, 0.1) is 10.1 Å². The lowest BCUT2D eigenvalue weighted by molar-refractivity contribution is -0.385. The molecule has 0 spiro atoms. The van der Waals surface area contributed by atoms with Crippen molar-refractivity contribution in [1.29, 1.82) is 0 Å². The van der Waals surface area contributed by atoms with E-state index >= 15 is 0 Å². The van der Waals surface area contributed by atoms with Gasteiger partial charge >= 0.3 is 0 Å². The highest BCUT2D eigenvalue weighted by atomic mass is 32.1. The number of amides is 1. The molecule has 1 aromatic carbocycles. The van der Waals surface area contributed by atoms with Crippen LogP contribution >= 0.6 is 11.3 Å². The van der Waals surface area contributed by atoms with Crippen molar-refractivity contribution in [3.63, 3.8) is 0 Å². The van der Waals surface area contributed by atoms with Gasteiger partial charge in [0.1, 0.15) is 11.7 Å². The Labute approximate surface area is 136 Å². The number of nitrogens with zero attached hydrogens (tertiary/aromatic N) is 2. The number of nitro groups is 1. The summed E-state index contributed by atoms with van der Waals surface area (Å²) in [5.74, 6) is -0.431. The molecule has 1 atom stereocenters. The molecule has 2 heterocycles. The average molecular weight is 333 g/mol. The number of hydrogen-bond acceptors (Lipinski definition) is 6. The lowest BCUT2D eigenvalue weighted by atomic mass is 10.1. The molecule has 3 rings (SSSR count). The number of nitro benzene ring substituents is 1. The van der Waals surface area contributed by atoms with Gasteiger partial charge in [0, 0.05) is 17.5 Å². The zero-order chi connectivity index (χ0) is 16.4. The Morgan fingerprint density at radius 1 is 1.39 bits per heavy atom. The second-order valence-electron chi connectivity index (χ2n) is 5.12. The van der Waals surface area contributed by atoms with Crippen LogP contribution in [0.5, 0.6) is 0 Å². The minimum absolute atomic E-state index is 0.0515. The van der Waals surface area contributed by atoms with Gasteiger partial charge in [0.2, 0.25) is 0 Å². The summed E-state index contributed by atoms with van der Waals surface area (Å²) < 4.78 is 5.70. The monoisotopic (exact) mass is 333 g/mol. The largest absolute Gasteiger partial charge is 0.398 e. The van der Waals surface area contributed by atoms with Gasteiger partial charge in [0.05, 0.1) is 23.8 Å².